The number of ketones is 1. The van der Waals surface area contributed by atoms with Gasteiger partial charge in [-0.1, -0.05) is 48.5 Å². The number of hydrogen-bond acceptors (Lipinski definition) is 4. The zero-order valence-electron chi connectivity index (χ0n) is 18.8. The van der Waals surface area contributed by atoms with Crippen LogP contribution in [0.4, 0.5) is 4.39 Å². The Balaban J connectivity index is 1.56. The normalized spacial score (nSPS) is 25.6. The number of allylic oxidation sites excluding steroid dienone is 2. The number of esters is 1. The van der Waals surface area contributed by atoms with E-state index in [1.165, 1.54) is 6.07 Å². The number of rotatable bonds is 4. The number of hydrogen-bond donors (Lipinski definition) is 0. The molecule has 5 heteroatoms. The quantitative estimate of drug-likeness (QED) is 0.552. The van der Waals surface area contributed by atoms with Crippen LogP contribution in [0.5, 0.6) is 0 Å². The van der Waals surface area contributed by atoms with Gasteiger partial charge in [0.1, 0.15) is 17.8 Å². The van der Waals surface area contributed by atoms with Crippen LogP contribution in [0.15, 0.2) is 70.9 Å². The van der Waals surface area contributed by atoms with Crippen molar-refractivity contribution in [2.24, 2.45) is 10.9 Å². The maximum absolute atomic E-state index is 15.0. The van der Waals surface area contributed by atoms with E-state index in [1.807, 2.05) is 30.3 Å². The van der Waals surface area contributed by atoms with Crippen LogP contribution in [0.25, 0.3) is 0 Å². The van der Waals surface area contributed by atoms with Crippen LogP contribution in [0.3, 0.4) is 0 Å². The molecule has 2 aliphatic carbocycles. The van der Waals surface area contributed by atoms with Crippen LogP contribution in [0.2, 0.25) is 0 Å². The van der Waals surface area contributed by atoms with Gasteiger partial charge in [-0.05, 0) is 62.1 Å². The van der Waals surface area contributed by atoms with E-state index in [1.54, 1.807) is 25.1 Å². The minimum atomic E-state index is -0.793. The number of aliphatic imine (C=N–C) groups is 1. The molecule has 0 amide bonds. The van der Waals surface area contributed by atoms with Crippen LogP contribution in [0, 0.1) is 11.7 Å². The first kappa shape index (κ1) is 21.7. The topological polar surface area (TPSA) is 55.7 Å². The van der Waals surface area contributed by atoms with Crippen molar-refractivity contribution in [3.8, 4) is 0 Å². The second-order valence-electron chi connectivity index (χ2n) is 9.37. The molecule has 3 aliphatic rings. The van der Waals surface area contributed by atoms with Crippen LogP contribution >= 0.6 is 0 Å². The molecule has 0 aromatic heterocycles. The monoisotopic (exact) mass is 445 g/mol. The van der Waals surface area contributed by atoms with Crippen molar-refractivity contribution in [2.45, 2.75) is 63.4 Å². The number of carbonyl (C=O) groups excluding carboxylic acids is 2. The van der Waals surface area contributed by atoms with E-state index < -0.39 is 23.6 Å². The fraction of sp³-hybridized carbons (Fsp3) is 0.393. The lowest BCUT2D eigenvalue weighted by Crippen LogP contribution is -2.39. The third-order valence-corrected chi connectivity index (χ3v) is 7.24. The maximum Gasteiger partial charge on any atom is 0.315 e. The van der Waals surface area contributed by atoms with Crippen molar-refractivity contribution in [3.63, 3.8) is 0 Å². The second kappa shape index (κ2) is 9.05. The van der Waals surface area contributed by atoms with Gasteiger partial charge in [-0.15, -0.1) is 0 Å². The van der Waals surface area contributed by atoms with E-state index in [-0.39, 0.29) is 17.8 Å². The molecule has 0 bridgehead atoms. The summed E-state index contributed by atoms with van der Waals surface area (Å²) in [6.45, 7) is 1.80. The van der Waals surface area contributed by atoms with Gasteiger partial charge < -0.3 is 4.74 Å². The molecule has 33 heavy (non-hydrogen) atoms. The van der Waals surface area contributed by atoms with Gasteiger partial charge in [0, 0.05) is 29.3 Å². The van der Waals surface area contributed by atoms with Crippen LogP contribution < -0.4 is 0 Å². The molecule has 1 heterocycles. The highest BCUT2D eigenvalue weighted by Crippen LogP contribution is 2.47. The molecule has 5 rings (SSSR count). The van der Waals surface area contributed by atoms with Crippen molar-refractivity contribution in [1.29, 1.82) is 0 Å². The van der Waals surface area contributed by atoms with Crippen molar-refractivity contribution < 1.29 is 18.7 Å². The van der Waals surface area contributed by atoms with Crippen molar-refractivity contribution in [1.82, 2.24) is 0 Å². The molecule has 1 unspecified atom stereocenters. The molecule has 1 aliphatic heterocycles. The van der Waals surface area contributed by atoms with Crippen LogP contribution in [-0.2, 0) is 14.3 Å². The number of benzene rings is 2. The standard InChI is InChI=1S/C28H28FNO3/c1-17-25(28(32)33-20-11-5-6-12-20)26(21-13-7-8-14-22(21)29)27-23(30-17)15-19(16-24(27)31)18-9-3-2-4-10-18/h2-4,7-10,13-14,19-20,25-26H,5-6,11-12,15-16H2,1H3/t19-,25?,26+/m1/s1. The number of halogens is 1. The van der Waals surface area contributed by atoms with Crippen LogP contribution in [0.1, 0.15) is 68.4 Å². The molecule has 0 radical (unpaired) electrons. The molecule has 0 N–H and O–H groups in total. The van der Waals surface area contributed by atoms with E-state index in [0.717, 1.165) is 31.2 Å². The second-order valence-corrected chi connectivity index (χ2v) is 9.37. The summed E-state index contributed by atoms with van der Waals surface area (Å²) in [6, 6.07) is 16.4. The smallest absolute Gasteiger partial charge is 0.315 e. The first-order valence-electron chi connectivity index (χ1n) is 11.8. The Bertz CT molecular complexity index is 1130. The summed E-state index contributed by atoms with van der Waals surface area (Å²) in [5.41, 5.74) is 3.20. The fourth-order valence-electron chi connectivity index (χ4n) is 5.63. The number of Topliss-reactive ketones (excluding diaryl/α,β-unsaturated/α-hetero) is 1. The van der Waals surface area contributed by atoms with E-state index in [0.29, 0.717) is 35.4 Å². The van der Waals surface area contributed by atoms with Gasteiger partial charge in [0.2, 0.25) is 0 Å². The molecular formula is C28H28FNO3. The molecule has 2 aromatic carbocycles. The molecule has 1 saturated carbocycles. The van der Waals surface area contributed by atoms with Crippen molar-refractivity contribution >= 4 is 17.5 Å². The van der Waals surface area contributed by atoms with Gasteiger partial charge in [-0.25, -0.2) is 4.39 Å². The zero-order valence-corrected chi connectivity index (χ0v) is 18.8. The number of carbonyl (C=O) groups is 2. The molecule has 2 aromatic rings. The van der Waals surface area contributed by atoms with E-state index in [9.17, 15) is 9.59 Å². The Hall–Kier alpha value is -3.08. The Morgan fingerprint density at radius 2 is 1.70 bits per heavy atom. The fourth-order valence-corrected chi connectivity index (χ4v) is 5.63. The molecule has 4 nitrogen and oxygen atoms in total. The molecule has 170 valence electrons. The zero-order chi connectivity index (χ0) is 22.9. The predicted molar refractivity (Wildman–Crippen MR) is 125 cm³/mol. The minimum Gasteiger partial charge on any atom is -0.462 e. The Morgan fingerprint density at radius 3 is 2.42 bits per heavy atom. The average Bonchev–Trinajstić information content (AvgIpc) is 3.32. The van der Waals surface area contributed by atoms with Gasteiger partial charge in [0.25, 0.3) is 0 Å². The summed E-state index contributed by atoms with van der Waals surface area (Å²) in [5, 5.41) is 0. The van der Waals surface area contributed by atoms with Crippen LogP contribution in [-0.4, -0.2) is 23.6 Å². The summed E-state index contributed by atoms with van der Waals surface area (Å²) in [7, 11) is 0. The molecular weight excluding hydrogens is 417 g/mol. The Labute approximate surface area is 193 Å². The van der Waals surface area contributed by atoms with E-state index in [4.69, 9.17) is 9.73 Å². The van der Waals surface area contributed by atoms with Gasteiger partial charge in [-0.2, -0.15) is 0 Å². The molecule has 3 atom stereocenters. The lowest BCUT2D eigenvalue weighted by molar-refractivity contribution is -0.151. The van der Waals surface area contributed by atoms with Gasteiger partial charge in [0.05, 0.1) is 0 Å². The third kappa shape index (κ3) is 4.17. The summed E-state index contributed by atoms with van der Waals surface area (Å²) in [6.07, 6.45) is 4.61. The highest BCUT2D eigenvalue weighted by atomic mass is 19.1. The summed E-state index contributed by atoms with van der Waals surface area (Å²) >= 11 is 0. The lowest BCUT2D eigenvalue weighted by Gasteiger charge is -2.37. The van der Waals surface area contributed by atoms with Gasteiger partial charge in [-0.3, -0.25) is 14.6 Å². The first-order chi connectivity index (χ1) is 16.0. The highest BCUT2D eigenvalue weighted by molar-refractivity contribution is 6.09. The molecule has 0 saturated heterocycles. The largest absolute Gasteiger partial charge is 0.462 e. The maximum atomic E-state index is 15.0. The van der Waals surface area contributed by atoms with E-state index in [2.05, 4.69) is 0 Å². The number of ether oxygens (including phenoxy) is 1. The Kier molecular flexibility index (Phi) is 5.96. The van der Waals surface area contributed by atoms with E-state index >= 15 is 4.39 Å². The summed E-state index contributed by atoms with van der Waals surface area (Å²) in [4.78, 5) is 31.7. The molecule has 0 spiro atoms. The van der Waals surface area contributed by atoms with Gasteiger partial charge >= 0.3 is 5.97 Å². The van der Waals surface area contributed by atoms with Crippen molar-refractivity contribution in [3.05, 3.63) is 82.8 Å². The summed E-state index contributed by atoms with van der Waals surface area (Å²) in [5.74, 6) is -2.36. The predicted octanol–water partition coefficient (Wildman–Crippen LogP) is 5.89. The van der Waals surface area contributed by atoms with Gasteiger partial charge in [0.15, 0.2) is 5.78 Å². The molecule has 1 fully saturated rings. The SMILES string of the molecule is CC1=NC2=C(C(=O)C[C@H](c3ccccc3)C2)[C@@H](c2ccccc2F)C1C(=O)OC1CCCC1. The summed E-state index contributed by atoms with van der Waals surface area (Å²) < 4.78 is 20.9. The third-order valence-electron chi connectivity index (χ3n) is 7.24. The minimum absolute atomic E-state index is 0.0252. The van der Waals surface area contributed by atoms with Crippen molar-refractivity contribution in [2.75, 3.05) is 0 Å². The highest BCUT2D eigenvalue weighted by Gasteiger charge is 2.46. The average molecular weight is 446 g/mol. The number of nitrogens with zero attached hydrogens (tertiary/aromatic N) is 1. The Morgan fingerprint density at radius 1 is 1.00 bits per heavy atom. The first-order valence-corrected chi connectivity index (χ1v) is 11.8. The lowest BCUT2D eigenvalue weighted by atomic mass is 9.69.